The van der Waals surface area contributed by atoms with Gasteiger partial charge in [-0.3, -0.25) is 37.5 Å². The quantitative estimate of drug-likeness (QED) is 0.0461. The van der Waals surface area contributed by atoms with Crippen molar-refractivity contribution in [3.63, 3.8) is 0 Å². The van der Waals surface area contributed by atoms with Gasteiger partial charge < -0.3 is 10.2 Å². The number of benzene rings is 4. The molecule has 0 spiro atoms. The topological polar surface area (TPSA) is 290 Å². The fourth-order valence-electron chi connectivity index (χ4n) is 9.41. The van der Waals surface area contributed by atoms with E-state index in [1.165, 1.54) is 12.1 Å². The molecule has 0 radical (unpaired) electrons. The van der Waals surface area contributed by atoms with E-state index in [1.807, 2.05) is 43.2 Å². The number of nitrogens with one attached hydrogen (secondary N) is 1. The average Bonchev–Trinajstić information content (AvgIpc) is 3.73. The molecule has 4 aromatic rings. The van der Waals surface area contributed by atoms with Gasteiger partial charge in [0.1, 0.15) is 16.8 Å². The van der Waals surface area contributed by atoms with Gasteiger partial charge >= 0.3 is 0 Å². The zero-order chi connectivity index (χ0) is 49.4. The van der Waals surface area contributed by atoms with E-state index in [4.69, 9.17) is 0 Å². The van der Waals surface area contributed by atoms with E-state index in [-0.39, 0.29) is 47.0 Å². The summed E-state index contributed by atoms with van der Waals surface area (Å²) < 4.78 is 142. The Bertz CT molecular complexity index is 3430. The van der Waals surface area contributed by atoms with Crippen molar-refractivity contribution in [3.8, 4) is 0 Å². The molecule has 5 N–H and O–H groups in total. The molecule has 3 aliphatic rings. The Morgan fingerprint density at radius 3 is 1.73 bits per heavy atom. The van der Waals surface area contributed by atoms with Crippen molar-refractivity contribution in [1.29, 1.82) is 0 Å². The number of fused-ring (bicyclic) bond motifs is 6. The Balaban J connectivity index is 1.24. The van der Waals surface area contributed by atoms with Crippen LogP contribution in [0.25, 0.3) is 21.5 Å². The van der Waals surface area contributed by atoms with Crippen LogP contribution in [-0.4, -0.2) is 111 Å². The maximum atomic E-state index is 12.6. The monoisotopic (exact) mass is 999 g/mol. The predicted molar refractivity (Wildman–Crippen MR) is 246 cm³/mol. The molecule has 0 aliphatic carbocycles. The zero-order valence-corrected chi connectivity index (χ0v) is 40.0. The van der Waals surface area contributed by atoms with Crippen LogP contribution in [0, 0.1) is 0 Å². The van der Waals surface area contributed by atoms with E-state index in [9.17, 15) is 66.3 Å². The van der Waals surface area contributed by atoms with Crippen LogP contribution >= 0.6 is 0 Å². The first-order valence-corrected chi connectivity index (χ1v) is 26.4. The van der Waals surface area contributed by atoms with E-state index in [1.54, 1.807) is 31.3 Å². The molecule has 3 heterocycles. The van der Waals surface area contributed by atoms with Crippen LogP contribution in [0.2, 0.25) is 0 Å². The molecule has 3 amide bonds. The zero-order valence-electron chi connectivity index (χ0n) is 36.7. The SMILES string of the molecule is C[N+]1=C(/C=C/C=C2/N(CCCCCC(=O)NCCN3C(=O)C=CC3=O)c3ccc4c(S(=O)(=O)O)cc(S(=O)(=O)O)cc4c3C2(C)C)C(C)(C)c2c1ccc1c(S(=O)(=O)O)cc(S(=O)(=O)O)cc21. The standard InChI is InChI=1S/C44H46N4O15S4/c1-43(2)36(46(5)32-15-13-28-30(41(32)43)22-26(64(52,53)54)24-34(28)66(58,59)60)10-9-11-37-44(3,4)42-31-23-27(65(55,56)57)25-35(67(61,62)63)29(31)14-16-33(42)47(37)20-8-6-7-12-38(49)45-19-21-48-39(50)17-18-40(48)51/h9-11,13-18,22-25H,6-8,12,19-21H2,1-5H3,(H4-,45,49,52,53,54,55,56,57,58,59,60,61,62,63)/p+1. The van der Waals surface area contributed by atoms with E-state index in [2.05, 4.69) is 5.32 Å². The Morgan fingerprint density at radius 1 is 0.657 bits per heavy atom. The molecule has 3 aliphatic heterocycles. The van der Waals surface area contributed by atoms with Crippen molar-refractivity contribution in [2.24, 2.45) is 0 Å². The number of hydrogen-bond acceptors (Lipinski definition) is 12. The first-order valence-electron chi connectivity index (χ1n) is 20.7. The minimum atomic E-state index is -5.01. The van der Waals surface area contributed by atoms with Gasteiger partial charge in [0.05, 0.1) is 15.2 Å². The van der Waals surface area contributed by atoms with Gasteiger partial charge in [-0.25, -0.2) is 0 Å². The summed E-state index contributed by atoms with van der Waals surface area (Å²) in [5, 5.41) is 3.03. The lowest BCUT2D eigenvalue weighted by Crippen LogP contribution is -2.38. The second kappa shape index (κ2) is 17.1. The largest absolute Gasteiger partial charge is 0.354 e. The normalized spacial score (nSPS) is 17.8. The average molecular weight is 1000 g/mol. The molecule has 0 unspecified atom stereocenters. The number of rotatable bonds is 15. The third-order valence-electron chi connectivity index (χ3n) is 12.4. The molecule has 4 aromatic carbocycles. The van der Waals surface area contributed by atoms with Crippen LogP contribution in [0.5, 0.6) is 0 Å². The maximum Gasteiger partial charge on any atom is 0.295 e. The van der Waals surface area contributed by atoms with Crippen LogP contribution in [-0.2, 0) is 65.7 Å². The van der Waals surface area contributed by atoms with Crippen LogP contribution < -0.4 is 10.2 Å². The van der Waals surface area contributed by atoms with Gasteiger partial charge in [0.2, 0.25) is 11.6 Å². The molecule has 0 fully saturated rings. The Morgan fingerprint density at radius 2 is 1.19 bits per heavy atom. The molecule has 0 atom stereocenters. The van der Waals surface area contributed by atoms with Crippen LogP contribution in [0.3, 0.4) is 0 Å². The molecule has 23 heteroatoms. The Kier molecular flexibility index (Phi) is 12.6. The highest BCUT2D eigenvalue weighted by molar-refractivity contribution is 7.87. The first-order chi connectivity index (χ1) is 31.0. The fourth-order valence-corrected chi connectivity index (χ4v) is 12.1. The lowest BCUT2D eigenvalue weighted by Gasteiger charge is -2.27. The Labute approximate surface area is 387 Å². The number of carbonyl (C=O) groups is 3. The number of imide groups is 1. The van der Waals surface area contributed by atoms with Crippen molar-refractivity contribution in [2.45, 2.75) is 83.8 Å². The first kappa shape index (κ1) is 49.3. The molecule has 0 saturated heterocycles. The summed E-state index contributed by atoms with van der Waals surface area (Å²) in [5.41, 5.74) is 1.48. The van der Waals surface area contributed by atoms with Gasteiger partial charge in [-0.05, 0) is 85.5 Å². The molecule has 0 aromatic heterocycles. The molecular formula is C44H47N4O15S4+. The predicted octanol–water partition coefficient (Wildman–Crippen LogP) is 4.83. The van der Waals surface area contributed by atoms with Crippen molar-refractivity contribution < 1.29 is 70.8 Å². The van der Waals surface area contributed by atoms with Crippen molar-refractivity contribution in [1.82, 2.24) is 10.2 Å². The minimum Gasteiger partial charge on any atom is -0.354 e. The molecule has 0 saturated carbocycles. The van der Waals surface area contributed by atoms with Crippen LogP contribution in [0.1, 0.15) is 64.5 Å². The highest BCUT2D eigenvalue weighted by Crippen LogP contribution is 2.52. The third-order valence-corrected chi connectivity index (χ3v) is 15.9. The number of anilines is 1. The van der Waals surface area contributed by atoms with E-state index < -0.39 is 82.7 Å². The highest BCUT2D eigenvalue weighted by Gasteiger charge is 2.46. The van der Waals surface area contributed by atoms with E-state index in [0.717, 1.165) is 29.2 Å². The number of carbonyl (C=O) groups excluding carboxylic acids is 3. The second-order valence-electron chi connectivity index (χ2n) is 17.4. The fraction of sp³-hybridized carbons (Fsp3) is 0.318. The molecule has 19 nitrogen and oxygen atoms in total. The van der Waals surface area contributed by atoms with Gasteiger partial charge in [0.25, 0.3) is 52.3 Å². The number of unbranched alkanes of at least 4 members (excludes halogenated alkanes) is 2. The molecule has 7 rings (SSSR count). The summed E-state index contributed by atoms with van der Waals surface area (Å²) in [6.45, 7) is 7.80. The summed E-state index contributed by atoms with van der Waals surface area (Å²) in [6.07, 6.45) is 9.39. The summed E-state index contributed by atoms with van der Waals surface area (Å²) in [7, 11) is -18.1. The van der Waals surface area contributed by atoms with Crippen LogP contribution in [0.15, 0.2) is 104 Å². The van der Waals surface area contributed by atoms with Crippen molar-refractivity contribution >= 4 is 96.8 Å². The summed E-state index contributed by atoms with van der Waals surface area (Å²) >= 11 is 0. The van der Waals surface area contributed by atoms with Gasteiger partial charge in [0.15, 0.2) is 5.71 Å². The summed E-state index contributed by atoms with van der Waals surface area (Å²) in [5.74, 6) is -1.18. The van der Waals surface area contributed by atoms with E-state index in [0.29, 0.717) is 71.9 Å². The van der Waals surface area contributed by atoms with E-state index >= 15 is 0 Å². The lowest BCUT2D eigenvalue weighted by atomic mass is 9.79. The minimum absolute atomic E-state index is 0.00314. The van der Waals surface area contributed by atoms with Crippen LogP contribution in [0.4, 0.5) is 11.4 Å². The Hall–Kier alpha value is -5.66. The van der Waals surface area contributed by atoms with Gasteiger partial charge in [-0.2, -0.15) is 38.2 Å². The molecule has 67 heavy (non-hydrogen) atoms. The summed E-state index contributed by atoms with van der Waals surface area (Å²) in [4.78, 5) is 36.3. The lowest BCUT2D eigenvalue weighted by molar-refractivity contribution is -0.401. The molecular weight excluding hydrogens is 953 g/mol. The molecule has 356 valence electrons. The summed E-state index contributed by atoms with van der Waals surface area (Å²) in [6, 6.07) is 9.81. The van der Waals surface area contributed by atoms with Gasteiger partial charge in [-0.1, -0.05) is 32.4 Å². The smallest absolute Gasteiger partial charge is 0.295 e. The third kappa shape index (κ3) is 9.21. The number of nitrogens with zero attached hydrogens (tertiary/aromatic N) is 3. The maximum absolute atomic E-state index is 12.6. The number of allylic oxidation sites excluding steroid dienone is 4. The van der Waals surface area contributed by atoms with Crippen molar-refractivity contribution in [3.05, 3.63) is 95.7 Å². The molecule has 0 bridgehead atoms. The van der Waals surface area contributed by atoms with Gasteiger partial charge in [-0.15, -0.1) is 0 Å². The highest BCUT2D eigenvalue weighted by atomic mass is 32.2. The number of amides is 3. The van der Waals surface area contributed by atoms with Crippen molar-refractivity contribution in [2.75, 3.05) is 31.6 Å². The van der Waals surface area contributed by atoms with Gasteiger partial charge in [0, 0.05) is 83.5 Å². The second-order valence-corrected chi connectivity index (χ2v) is 23.1. The number of hydrogen-bond donors (Lipinski definition) is 5.